The largest absolute Gasteiger partial charge is 0.426 e. The normalized spacial score (nSPS) is 10.8. The van der Waals surface area contributed by atoms with Crippen LogP contribution in [0, 0.1) is 17.0 Å². The van der Waals surface area contributed by atoms with Crippen molar-refractivity contribution in [1.29, 1.82) is 0 Å². The summed E-state index contributed by atoms with van der Waals surface area (Å²) in [6.45, 7) is 1.87. The SMILES string of the molecule is Cc1ccc(-n2c(=O)oc3ccc([N+](=O)[O-])cc3c2=O)cc1. The van der Waals surface area contributed by atoms with Crippen molar-refractivity contribution in [2.24, 2.45) is 0 Å². The van der Waals surface area contributed by atoms with Crippen LogP contribution in [0.15, 0.2) is 56.5 Å². The molecule has 0 aliphatic heterocycles. The van der Waals surface area contributed by atoms with Crippen LogP contribution in [-0.2, 0) is 0 Å². The van der Waals surface area contributed by atoms with Gasteiger partial charge in [-0.1, -0.05) is 17.7 Å². The van der Waals surface area contributed by atoms with E-state index < -0.39 is 16.2 Å². The Morgan fingerprint density at radius 1 is 1.09 bits per heavy atom. The molecule has 110 valence electrons. The molecular formula is C15H10N2O5. The quantitative estimate of drug-likeness (QED) is 0.533. The van der Waals surface area contributed by atoms with Crippen LogP contribution in [0.5, 0.6) is 0 Å². The smallest absolute Gasteiger partial charge is 0.409 e. The lowest BCUT2D eigenvalue weighted by atomic mass is 10.2. The van der Waals surface area contributed by atoms with Gasteiger partial charge in [0.1, 0.15) is 5.58 Å². The minimum atomic E-state index is -0.838. The van der Waals surface area contributed by atoms with E-state index in [0.29, 0.717) is 5.69 Å². The lowest BCUT2D eigenvalue weighted by Gasteiger charge is -2.05. The third kappa shape index (κ3) is 2.18. The number of nitro benzene ring substituents is 1. The summed E-state index contributed by atoms with van der Waals surface area (Å²) in [5.74, 6) is -0.838. The third-order valence-electron chi connectivity index (χ3n) is 3.28. The molecule has 0 fully saturated rings. The van der Waals surface area contributed by atoms with Gasteiger partial charge in [-0.3, -0.25) is 14.9 Å². The number of hydrogen-bond donors (Lipinski definition) is 0. The lowest BCUT2D eigenvalue weighted by molar-refractivity contribution is -0.384. The Balaban J connectivity index is 2.36. The molecule has 1 heterocycles. The maximum Gasteiger partial charge on any atom is 0.426 e. The first kappa shape index (κ1) is 13.7. The second-order valence-corrected chi connectivity index (χ2v) is 4.78. The van der Waals surface area contributed by atoms with Crippen molar-refractivity contribution in [3.8, 4) is 5.69 Å². The number of non-ortho nitro benzene ring substituents is 1. The van der Waals surface area contributed by atoms with Gasteiger partial charge in [0.15, 0.2) is 0 Å². The summed E-state index contributed by atoms with van der Waals surface area (Å²) < 4.78 is 5.93. The predicted octanol–water partition coefficient (Wildman–Crippen LogP) is 2.16. The number of nitro groups is 1. The molecule has 0 radical (unpaired) electrons. The number of benzene rings is 2. The highest BCUT2D eigenvalue weighted by molar-refractivity contribution is 5.78. The Kier molecular flexibility index (Phi) is 3.10. The zero-order valence-corrected chi connectivity index (χ0v) is 11.5. The highest BCUT2D eigenvalue weighted by Gasteiger charge is 2.15. The molecule has 0 spiro atoms. The van der Waals surface area contributed by atoms with E-state index in [1.54, 1.807) is 24.3 Å². The maximum atomic E-state index is 12.5. The van der Waals surface area contributed by atoms with Crippen LogP contribution < -0.4 is 11.3 Å². The number of hydrogen-bond acceptors (Lipinski definition) is 5. The molecular weight excluding hydrogens is 288 g/mol. The second kappa shape index (κ2) is 4.96. The van der Waals surface area contributed by atoms with E-state index in [4.69, 9.17) is 4.42 Å². The molecule has 0 unspecified atom stereocenters. The minimum absolute atomic E-state index is 0.0176. The van der Waals surface area contributed by atoms with E-state index in [1.807, 2.05) is 6.92 Å². The number of rotatable bonds is 2. The van der Waals surface area contributed by atoms with Gasteiger partial charge in [-0.2, -0.15) is 0 Å². The molecule has 22 heavy (non-hydrogen) atoms. The summed E-state index contributed by atoms with van der Waals surface area (Å²) in [5.41, 5.74) is 0.437. The van der Waals surface area contributed by atoms with Crippen LogP contribution in [0.25, 0.3) is 16.7 Å². The summed E-state index contributed by atoms with van der Waals surface area (Å²) in [4.78, 5) is 34.7. The van der Waals surface area contributed by atoms with Crippen LogP contribution in [0.3, 0.4) is 0 Å². The fraction of sp³-hybridized carbons (Fsp3) is 0.0667. The van der Waals surface area contributed by atoms with Crippen molar-refractivity contribution < 1.29 is 9.34 Å². The fourth-order valence-corrected chi connectivity index (χ4v) is 2.15. The van der Waals surface area contributed by atoms with E-state index in [1.165, 1.54) is 12.1 Å². The van der Waals surface area contributed by atoms with Gasteiger partial charge in [0.05, 0.1) is 16.0 Å². The van der Waals surface area contributed by atoms with Gasteiger partial charge in [-0.25, -0.2) is 9.36 Å². The molecule has 2 aromatic carbocycles. The number of aromatic nitrogens is 1. The summed E-state index contributed by atoms with van der Waals surface area (Å²) in [7, 11) is 0. The van der Waals surface area contributed by atoms with E-state index >= 15 is 0 Å². The Morgan fingerprint density at radius 2 is 1.77 bits per heavy atom. The summed E-state index contributed by atoms with van der Waals surface area (Å²) in [6.07, 6.45) is 0. The highest BCUT2D eigenvalue weighted by Crippen LogP contribution is 2.17. The van der Waals surface area contributed by atoms with Gasteiger partial charge in [0, 0.05) is 12.1 Å². The molecule has 7 nitrogen and oxygen atoms in total. The van der Waals surface area contributed by atoms with Crippen LogP contribution in [0.2, 0.25) is 0 Å². The van der Waals surface area contributed by atoms with Gasteiger partial charge in [-0.05, 0) is 25.1 Å². The first-order valence-corrected chi connectivity index (χ1v) is 6.39. The van der Waals surface area contributed by atoms with Crippen molar-refractivity contribution in [3.05, 3.63) is 79.0 Å². The zero-order chi connectivity index (χ0) is 15.9. The first-order chi connectivity index (χ1) is 10.5. The van der Waals surface area contributed by atoms with Crippen LogP contribution >= 0.6 is 0 Å². The van der Waals surface area contributed by atoms with Gasteiger partial charge in [0.2, 0.25) is 0 Å². The molecule has 0 aliphatic carbocycles. The van der Waals surface area contributed by atoms with Crippen LogP contribution in [-0.4, -0.2) is 9.49 Å². The molecule has 0 aliphatic rings. The Hall–Kier alpha value is -3.22. The number of aryl methyl sites for hydroxylation is 1. The average Bonchev–Trinajstić information content (AvgIpc) is 2.48. The summed E-state index contributed by atoms with van der Waals surface area (Å²) in [5, 5.41) is 10.8. The van der Waals surface area contributed by atoms with Crippen molar-refractivity contribution >= 4 is 16.7 Å². The molecule has 0 N–H and O–H groups in total. The molecule has 7 heteroatoms. The van der Waals surface area contributed by atoms with Gasteiger partial charge in [-0.15, -0.1) is 0 Å². The highest BCUT2D eigenvalue weighted by atomic mass is 16.6. The Labute approximate surface area is 123 Å². The topological polar surface area (TPSA) is 95.3 Å². The Morgan fingerprint density at radius 3 is 2.41 bits per heavy atom. The van der Waals surface area contributed by atoms with E-state index in [0.717, 1.165) is 16.2 Å². The van der Waals surface area contributed by atoms with Gasteiger partial charge < -0.3 is 4.42 Å². The second-order valence-electron chi connectivity index (χ2n) is 4.78. The van der Waals surface area contributed by atoms with Crippen molar-refractivity contribution in [3.63, 3.8) is 0 Å². The van der Waals surface area contributed by atoms with Crippen LogP contribution in [0.1, 0.15) is 5.56 Å². The molecule has 1 aromatic heterocycles. The van der Waals surface area contributed by atoms with Crippen molar-refractivity contribution in [2.45, 2.75) is 6.92 Å². The average molecular weight is 298 g/mol. The first-order valence-electron chi connectivity index (χ1n) is 6.39. The summed E-state index contributed by atoms with van der Waals surface area (Å²) in [6, 6.07) is 10.2. The van der Waals surface area contributed by atoms with E-state index in [2.05, 4.69) is 0 Å². The minimum Gasteiger partial charge on any atom is -0.409 e. The number of nitrogens with zero attached hydrogens (tertiary/aromatic N) is 2. The van der Waals surface area contributed by atoms with Gasteiger partial charge >= 0.3 is 5.76 Å². The fourth-order valence-electron chi connectivity index (χ4n) is 2.15. The molecule has 3 aromatic rings. The van der Waals surface area contributed by atoms with Gasteiger partial charge in [0.25, 0.3) is 11.2 Å². The molecule has 0 amide bonds. The Bertz CT molecular complexity index is 999. The third-order valence-corrected chi connectivity index (χ3v) is 3.28. The molecule has 0 saturated heterocycles. The maximum absolute atomic E-state index is 12.5. The van der Waals surface area contributed by atoms with Crippen molar-refractivity contribution in [1.82, 2.24) is 4.57 Å². The molecule has 0 saturated carbocycles. The summed E-state index contributed by atoms with van der Waals surface area (Å²) >= 11 is 0. The predicted molar refractivity (Wildman–Crippen MR) is 79.5 cm³/mol. The molecule has 0 bridgehead atoms. The monoisotopic (exact) mass is 298 g/mol. The van der Waals surface area contributed by atoms with Crippen LogP contribution in [0.4, 0.5) is 5.69 Å². The lowest BCUT2D eigenvalue weighted by Crippen LogP contribution is -2.30. The number of fused-ring (bicyclic) bond motifs is 1. The van der Waals surface area contributed by atoms with E-state index in [9.17, 15) is 19.7 Å². The van der Waals surface area contributed by atoms with Crippen molar-refractivity contribution in [2.75, 3.05) is 0 Å². The van der Waals surface area contributed by atoms with E-state index in [-0.39, 0.29) is 16.7 Å². The standard InChI is InChI=1S/C15H10N2O5/c1-9-2-4-10(5-3-9)16-14(18)12-8-11(17(20)21)6-7-13(12)22-15(16)19/h2-8H,1H3. The molecule has 0 atom stereocenters. The zero-order valence-electron chi connectivity index (χ0n) is 11.5. The molecule has 3 rings (SSSR count).